The second-order valence-corrected chi connectivity index (χ2v) is 5.77. The molecule has 0 atom stereocenters. The van der Waals surface area contributed by atoms with Gasteiger partial charge in [-0.05, 0) is 43.0 Å². The lowest BCUT2D eigenvalue weighted by atomic mass is 10.3. The molecule has 0 bridgehead atoms. The molecule has 2 rings (SSSR count). The van der Waals surface area contributed by atoms with Crippen LogP contribution in [0.1, 0.15) is 12.8 Å². The summed E-state index contributed by atoms with van der Waals surface area (Å²) < 4.78 is 6.31. The summed E-state index contributed by atoms with van der Waals surface area (Å²) in [5, 5.41) is 8.84. The van der Waals surface area contributed by atoms with Gasteiger partial charge < -0.3 is 14.7 Å². The van der Waals surface area contributed by atoms with E-state index in [1.807, 2.05) is 12.1 Å². The van der Waals surface area contributed by atoms with E-state index >= 15 is 0 Å². The van der Waals surface area contributed by atoms with E-state index < -0.39 is 5.97 Å². The molecule has 0 radical (unpaired) electrons. The minimum absolute atomic E-state index is 0.137. The molecule has 1 fully saturated rings. The van der Waals surface area contributed by atoms with Crippen molar-refractivity contribution in [2.75, 3.05) is 19.7 Å². The van der Waals surface area contributed by atoms with Crippen molar-refractivity contribution in [3.8, 4) is 5.75 Å². The van der Waals surface area contributed by atoms with Gasteiger partial charge in [0, 0.05) is 11.0 Å². The quantitative estimate of drug-likeness (QED) is 0.825. The molecule has 1 aliphatic carbocycles. The maximum absolute atomic E-state index is 12.0. The van der Waals surface area contributed by atoms with Crippen LogP contribution < -0.4 is 4.74 Å². The fourth-order valence-electron chi connectivity index (χ4n) is 1.80. The van der Waals surface area contributed by atoms with Gasteiger partial charge >= 0.3 is 5.97 Å². The standard InChI is InChI=1S/C14H16BrNO4/c15-11-3-5-12(6-4-11)20-9-13(17)16(8-14(18)19)7-10-1-2-10/h3-6,10H,1-2,7-9H2,(H,18,19). The molecule has 0 unspecified atom stereocenters. The molecule has 0 aromatic heterocycles. The second-order valence-electron chi connectivity index (χ2n) is 4.85. The maximum atomic E-state index is 12.0. The molecule has 1 amide bonds. The van der Waals surface area contributed by atoms with Gasteiger partial charge in [0.2, 0.25) is 0 Å². The van der Waals surface area contributed by atoms with Gasteiger partial charge in [0.15, 0.2) is 6.61 Å². The lowest BCUT2D eigenvalue weighted by molar-refractivity contribution is -0.145. The van der Waals surface area contributed by atoms with Gasteiger partial charge in [0.25, 0.3) is 5.91 Å². The van der Waals surface area contributed by atoms with Gasteiger partial charge in [-0.2, -0.15) is 0 Å². The summed E-state index contributed by atoms with van der Waals surface area (Å²) in [5.74, 6) is -0.251. The Labute approximate surface area is 125 Å². The first kappa shape index (κ1) is 14.8. The molecule has 0 heterocycles. The maximum Gasteiger partial charge on any atom is 0.323 e. The van der Waals surface area contributed by atoms with Gasteiger partial charge in [-0.25, -0.2) is 0 Å². The van der Waals surface area contributed by atoms with Crippen LogP contribution in [0.25, 0.3) is 0 Å². The van der Waals surface area contributed by atoms with Crippen molar-refractivity contribution in [3.05, 3.63) is 28.7 Å². The van der Waals surface area contributed by atoms with Gasteiger partial charge in [-0.3, -0.25) is 9.59 Å². The van der Waals surface area contributed by atoms with Crippen LogP contribution in [0.4, 0.5) is 0 Å². The first-order chi connectivity index (χ1) is 9.54. The van der Waals surface area contributed by atoms with E-state index in [1.165, 1.54) is 4.90 Å². The van der Waals surface area contributed by atoms with Crippen LogP contribution in [0.2, 0.25) is 0 Å². The molecule has 1 aromatic carbocycles. The van der Waals surface area contributed by atoms with E-state index in [0.717, 1.165) is 17.3 Å². The van der Waals surface area contributed by atoms with Crippen LogP contribution in [0, 0.1) is 5.92 Å². The van der Waals surface area contributed by atoms with Crippen molar-refractivity contribution in [2.45, 2.75) is 12.8 Å². The number of ether oxygens (including phenoxy) is 1. The second kappa shape index (κ2) is 6.74. The molecule has 1 saturated carbocycles. The molecule has 108 valence electrons. The van der Waals surface area contributed by atoms with E-state index in [1.54, 1.807) is 12.1 Å². The Morgan fingerprint density at radius 2 is 1.95 bits per heavy atom. The highest BCUT2D eigenvalue weighted by Gasteiger charge is 2.28. The molecular weight excluding hydrogens is 326 g/mol. The molecular formula is C14H16BrNO4. The van der Waals surface area contributed by atoms with Crippen molar-refractivity contribution in [2.24, 2.45) is 5.92 Å². The minimum Gasteiger partial charge on any atom is -0.484 e. The number of nitrogens with zero attached hydrogens (tertiary/aromatic N) is 1. The third kappa shape index (κ3) is 4.85. The number of halogens is 1. The van der Waals surface area contributed by atoms with Gasteiger partial charge in [-0.15, -0.1) is 0 Å². The summed E-state index contributed by atoms with van der Waals surface area (Å²) in [4.78, 5) is 24.2. The number of rotatable bonds is 7. The zero-order valence-electron chi connectivity index (χ0n) is 10.9. The summed E-state index contributed by atoms with van der Waals surface area (Å²) in [7, 11) is 0. The fourth-order valence-corrected chi connectivity index (χ4v) is 2.06. The first-order valence-corrected chi connectivity index (χ1v) is 7.22. The molecule has 20 heavy (non-hydrogen) atoms. The van der Waals surface area contributed by atoms with Crippen molar-refractivity contribution in [1.82, 2.24) is 4.90 Å². The summed E-state index contributed by atoms with van der Waals surface area (Å²) >= 11 is 3.31. The predicted octanol–water partition coefficient (Wildman–Crippen LogP) is 2.15. The Balaban J connectivity index is 1.86. The van der Waals surface area contributed by atoms with Crippen LogP contribution >= 0.6 is 15.9 Å². The summed E-state index contributed by atoms with van der Waals surface area (Å²) in [6.07, 6.45) is 2.13. The number of carboxylic acids is 1. The van der Waals surface area contributed by atoms with Crippen LogP contribution in [-0.2, 0) is 9.59 Å². The number of carbonyl (C=O) groups is 2. The van der Waals surface area contributed by atoms with Crippen LogP contribution in [0.15, 0.2) is 28.7 Å². The van der Waals surface area contributed by atoms with Gasteiger partial charge in [-0.1, -0.05) is 15.9 Å². The number of carboxylic acid groups (broad SMARTS) is 1. The Bertz CT molecular complexity index is 484. The average molecular weight is 342 g/mol. The van der Waals surface area contributed by atoms with E-state index in [4.69, 9.17) is 9.84 Å². The van der Waals surface area contributed by atoms with Crippen molar-refractivity contribution in [3.63, 3.8) is 0 Å². The molecule has 5 nitrogen and oxygen atoms in total. The lowest BCUT2D eigenvalue weighted by Gasteiger charge is -2.20. The van der Waals surface area contributed by atoms with Crippen molar-refractivity contribution >= 4 is 27.8 Å². The normalized spacial score (nSPS) is 13.8. The zero-order chi connectivity index (χ0) is 14.5. The van der Waals surface area contributed by atoms with E-state index in [-0.39, 0.29) is 19.1 Å². The number of benzene rings is 1. The smallest absolute Gasteiger partial charge is 0.323 e. The molecule has 1 aromatic rings. The number of hydrogen-bond acceptors (Lipinski definition) is 3. The molecule has 0 spiro atoms. The van der Waals surface area contributed by atoms with Crippen LogP contribution in [0.3, 0.4) is 0 Å². The predicted molar refractivity (Wildman–Crippen MR) is 76.6 cm³/mol. The monoisotopic (exact) mass is 341 g/mol. The number of carbonyl (C=O) groups excluding carboxylic acids is 1. The third-order valence-electron chi connectivity index (χ3n) is 3.03. The van der Waals surface area contributed by atoms with Crippen LogP contribution in [-0.4, -0.2) is 41.6 Å². The van der Waals surface area contributed by atoms with E-state index in [9.17, 15) is 9.59 Å². The van der Waals surface area contributed by atoms with Crippen molar-refractivity contribution < 1.29 is 19.4 Å². The third-order valence-corrected chi connectivity index (χ3v) is 3.56. The Hall–Kier alpha value is -1.56. The summed E-state index contributed by atoms with van der Waals surface area (Å²) in [5.41, 5.74) is 0. The summed E-state index contributed by atoms with van der Waals surface area (Å²) in [6, 6.07) is 7.14. The molecule has 0 saturated heterocycles. The Morgan fingerprint density at radius 3 is 2.50 bits per heavy atom. The molecule has 6 heteroatoms. The van der Waals surface area contributed by atoms with E-state index in [2.05, 4.69) is 15.9 Å². The van der Waals surface area contributed by atoms with Gasteiger partial charge in [0.1, 0.15) is 12.3 Å². The first-order valence-electron chi connectivity index (χ1n) is 6.42. The number of amides is 1. The number of hydrogen-bond donors (Lipinski definition) is 1. The zero-order valence-corrected chi connectivity index (χ0v) is 12.5. The minimum atomic E-state index is -0.998. The fraction of sp³-hybridized carbons (Fsp3) is 0.429. The Morgan fingerprint density at radius 1 is 1.30 bits per heavy atom. The SMILES string of the molecule is O=C(O)CN(CC1CC1)C(=O)COc1ccc(Br)cc1. The van der Waals surface area contributed by atoms with Crippen molar-refractivity contribution in [1.29, 1.82) is 0 Å². The highest BCUT2D eigenvalue weighted by Crippen LogP contribution is 2.29. The highest BCUT2D eigenvalue weighted by molar-refractivity contribution is 9.10. The molecule has 1 aliphatic rings. The molecule has 0 aliphatic heterocycles. The number of aliphatic carboxylic acids is 1. The average Bonchev–Trinajstić information content (AvgIpc) is 3.20. The summed E-state index contributed by atoms with van der Waals surface area (Å²) in [6.45, 7) is 0.107. The van der Waals surface area contributed by atoms with Gasteiger partial charge in [0.05, 0.1) is 0 Å². The molecule has 1 N–H and O–H groups in total. The van der Waals surface area contributed by atoms with E-state index in [0.29, 0.717) is 18.2 Å². The topological polar surface area (TPSA) is 66.8 Å². The lowest BCUT2D eigenvalue weighted by Crippen LogP contribution is -2.40. The van der Waals surface area contributed by atoms with Crippen LogP contribution in [0.5, 0.6) is 5.75 Å². The highest BCUT2D eigenvalue weighted by atomic mass is 79.9. The largest absolute Gasteiger partial charge is 0.484 e. The Kier molecular flexibility index (Phi) is 5.00.